The van der Waals surface area contributed by atoms with Crippen LogP contribution < -0.4 is 10.6 Å². The van der Waals surface area contributed by atoms with Gasteiger partial charge in [-0.25, -0.2) is 0 Å². The van der Waals surface area contributed by atoms with Crippen LogP contribution in [0.15, 0.2) is 0 Å². The number of carbonyl (C=O) groups excluding carboxylic acids is 1. The molecule has 1 fully saturated rings. The summed E-state index contributed by atoms with van der Waals surface area (Å²) in [6.45, 7) is 5.51. The molecule has 0 aromatic carbocycles. The highest BCUT2D eigenvalue weighted by molar-refractivity contribution is 5.81. The number of hydrogen-bond donors (Lipinski definition) is 2. The van der Waals surface area contributed by atoms with Crippen LogP contribution in [-0.4, -0.2) is 55.7 Å². The van der Waals surface area contributed by atoms with Gasteiger partial charge in [-0.05, 0) is 19.8 Å². The number of rotatable bonds is 6. The Morgan fingerprint density at radius 1 is 1.32 bits per heavy atom. The summed E-state index contributed by atoms with van der Waals surface area (Å²) in [6.07, 6.45) is -4.46. The summed E-state index contributed by atoms with van der Waals surface area (Å²) >= 11 is 0. The number of alkyl halides is 3. The van der Waals surface area contributed by atoms with Gasteiger partial charge in [0.05, 0.1) is 6.04 Å². The second-order valence-electron chi connectivity index (χ2n) is 4.83. The smallest absolute Gasteiger partial charge is 0.355 e. The zero-order chi connectivity index (χ0) is 14.3. The van der Waals surface area contributed by atoms with Crippen molar-refractivity contribution in [1.82, 2.24) is 15.5 Å². The summed E-state index contributed by atoms with van der Waals surface area (Å²) in [6, 6.07) is -0.218. The van der Waals surface area contributed by atoms with Gasteiger partial charge in [-0.3, -0.25) is 9.69 Å². The molecule has 0 bridgehead atoms. The molecule has 1 amide bonds. The van der Waals surface area contributed by atoms with Crippen LogP contribution in [0.4, 0.5) is 13.2 Å². The Balaban J connectivity index is 2.12. The second kappa shape index (κ2) is 7.69. The standard InChI is InChI=1S/C12H22F3N3O/c1-10(18-8-6-16-7-9-18)11(19)17-5-3-2-4-12(13,14)15/h10,16H,2-9H2,1H3,(H,17,19). The first-order chi connectivity index (χ1) is 8.90. The van der Waals surface area contributed by atoms with E-state index in [1.54, 1.807) is 0 Å². The molecular weight excluding hydrogens is 259 g/mol. The van der Waals surface area contributed by atoms with Crippen LogP contribution in [0.5, 0.6) is 0 Å². The van der Waals surface area contributed by atoms with E-state index in [1.165, 1.54) is 0 Å². The van der Waals surface area contributed by atoms with Crippen LogP contribution in [0.25, 0.3) is 0 Å². The number of nitrogens with zero attached hydrogens (tertiary/aromatic N) is 1. The zero-order valence-corrected chi connectivity index (χ0v) is 11.2. The maximum atomic E-state index is 11.9. The molecule has 1 unspecified atom stereocenters. The minimum absolute atomic E-state index is 0.0613. The Bertz CT molecular complexity index is 278. The van der Waals surface area contributed by atoms with Crippen molar-refractivity contribution in [3.05, 3.63) is 0 Å². The topological polar surface area (TPSA) is 44.4 Å². The normalized spacial score (nSPS) is 19.2. The van der Waals surface area contributed by atoms with Gasteiger partial charge in [0, 0.05) is 39.1 Å². The monoisotopic (exact) mass is 281 g/mol. The highest BCUT2D eigenvalue weighted by Gasteiger charge is 2.26. The van der Waals surface area contributed by atoms with Gasteiger partial charge < -0.3 is 10.6 Å². The zero-order valence-electron chi connectivity index (χ0n) is 11.2. The highest BCUT2D eigenvalue weighted by atomic mass is 19.4. The number of carbonyl (C=O) groups is 1. The molecular formula is C12H22F3N3O. The van der Waals surface area contributed by atoms with Gasteiger partial charge in [-0.15, -0.1) is 0 Å². The van der Waals surface area contributed by atoms with Gasteiger partial charge in [-0.1, -0.05) is 0 Å². The Morgan fingerprint density at radius 2 is 1.95 bits per heavy atom. The molecule has 112 valence electrons. The van der Waals surface area contributed by atoms with Crippen molar-refractivity contribution in [2.45, 2.75) is 38.4 Å². The fourth-order valence-electron chi connectivity index (χ4n) is 2.04. The molecule has 19 heavy (non-hydrogen) atoms. The lowest BCUT2D eigenvalue weighted by molar-refractivity contribution is -0.135. The molecule has 0 aliphatic carbocycles. The lowest BCUT2D eigenvalue weighted by Crippen LogP contribution is -2.52. The summed E-state index contributed by atoms with van der Waals surface area (Å²) in [4.78, 5) is 13.9. The lowest BCUT2D eigenvalue weighted by Gasteiger charge is -2.31. The minimum atomic E-state index is -4.10. The largest absolute Gasteiger partial charge is 0.389 e. The van der Waals surface area contributed by atoms with Crippen molar-refractivity contribution in [2.24, 2.45) is 0 Å². The van der Waals surface area contributed by atoms with Gasteiger partial charge in [0.2, 0.25) is 5.91 Å². The molecule has 1 rings (SSSR count). The number of unbranched alkanes of at least 4 members (excludes halogenated alkanes) is 1. The lowest BCUT2D eigenvalue weighted by atomic mass is 10.2. The van der Waals surface area contributed by atoms with E-state index < -0.39 is 12.6 Å². The summed E-state index contributed by atoms with van der Waals surface area (Å²) in [5, 5.41) is 5.90. The van der Waals surface area contributed by atoms with Crippen LogP contribution in [0.2, 0.25) is 0 Å². The minimum Gasteiger partial charge on any atom is -0.355 e. The van der Waals surface area contributed by atoms with Gasteiger partial charge >= 0.3 is 6.18 Å². The van der Waals surface area contributed by atoms with E-state index in [0.29, 0.717) is 13.0 Å². The van der Waals surface area contributed by atoms with Crippen molar-refractivity contribution in [1.29, 1.82) is 0 Å². The molecule has 4 nitrogen and oxygen atoms in total. The van der Waals surface area contributed by atoms with Gasteiger partial charge in [0.25, 0.3) is 0 Å². The molecule has 7 heteroatoms. The molecule has 1 aliphatic rings. The first-order valence-corrected chi connectivity index (χ1v) is 6.69. The number of hydrogen-bond acceptors (Lipinski definition) is 3. The Kier molecular flexibility index (Phi) is 6.57. The molecule has 1 saturated heterocycles. The quantitative estimate of drug-likeness (QED) is 0.717. The van der Waals surface area contributed by atoms with Crippen LogP contribution in [-0.2, 0) is 4.79 Å². The van der Waals surface area contributed by atoms with Crippen LogP contribution in [0.1, 0.15) is 26.2 Å². The van der Waals surface area contributed by atoms with E-state index in [2.05, 4.69) is 15.5 Å². The van der Waals surface area contributed by atoms with Crippen LogP contribution in [0.3, 0.4) is 0 Å². The third kappa shape index (κ3) is 6.77. The van der Waals surface area contributed by atoms with Gasteiger partial charge in [-0.2, -0.15) is 13.2 Å². The fourth-order valence-corrected chi connectivity index (χ4v) is 2.04. The predicted octanol–water partition coefficient (Wildman–Crippen LogP) is 1.13. The van der Waals surface area contributed by atoms with Crippen molar-refractivity contribution >= 4 is 5.91 Å². The molecule has 1 heterocycles. The maximum absolute atomic E-state index is 11.9. The Hall–Kier alpha value is -0.820. The molecule has 1 atom stereocenters. The first-order valence-electron chi connectivity index (χ1n) is 6.69. The molecule has 1 aliphatic heterocycles. The van der Waals surface area contributed by atoms with E-state index in [4.69, 9.17) is 0 Å². The summed E-state index contributed by atoms with van der Waals surface area (Å²) in [5.74, 6) is -0.103. The SMILES string of the molecule is CC(C(=O)NCCCCC(F)(F)F)N1CCNCC1. The first kappa shape index (κ1) is 16.2. The fraction of sp³-hybridized carbons (Fsp3) is 0.917. The third-order valence-corrected chi connectivity index (χ3v) is 3.27. The Labute approximate surface area is 111 Å². The van der Waals surface area contributed by atoms with Crippen molar-refractivity contribution in [2.75, 3.05) is 32.7 Å². The second-order valence-corrected chi connectivity index (χ2v) is 4.83. The average Bonchev–Trinajstić information content (AvgIpc) is 2.37. The van der Waals surface area contributed by atoms with Crippen LogP contribution in [0, 0.1) is 0 Å². The highest BCUT2D eigenvalue weighted by Crippen LogP contribution is 2.21. The molecule has 0 aromatic heterocycles. The van der Waals surface area contributed by atoms with Crippen LogP contribution >= 0.6 is 0 Å². The summed E-state index contributed by atoms with van der Waals surface area (Å²) in [5.41, 5.74) is 0. The van der Waals surface area contributed by atoms with Crippen molar-refractivity contribution in [3.63, 3.8) is 0 Å². The molecule has 0 aromatic rings. The number of piperazine rings is 1. The molecule has 2 N–H and O–H groups in total. The van der Waals surface area contributed by atoms with Crippen molar-refractivity contribution < 1.29 is 18.0 Å². The van der Waals surface area contributed by atoms with E-state index in [-0.39, 0.29) is 18.4 Å². The summed E-state index contributed by atoms with van der Waals surface area (Å²) in [7, 11) is 0. The van der Waals surface area contributed by atoms with E-state index >= 15 is 0 Å². The van der Waals surface area contributed by atoms with Gasteiger partial charge in [0.1, 0.15) is 0 Å². The van der Waals surface area contributed by atoms with E-state index in [0.717, 1.165) is 26.2 Å². The number of amides is 1. The summed E-state index contributed by atoms with van der Waals surface area (Å²) < 4.78 is 35.7. The number of nitrogens with one attached hydrogen (secondary N) is 2. The van der Waals surface area contributed by atoms with Gasteiger partial charge in [0.15, 0.2) is 0 Å². The average molecular weight is 281 g/mol. The Morgan fingerprint density at radius 3 is 2.53 bits per heavy atom. The molecule has 0 radical (unpaired) electrons. The van der Waals surface area contributed by atoms with E-state index in [9.17, 15) is 18.0 Å². The number of halogens is 3. The third-order valence-electron chi connectivity index (χ3n) is 3.27. The van der Waals surface area contributed by atoms with E-state index in [1.807, 2.05) is 6.92 Å². The predicted molar refractivity (Wildman–Crippen MR) is 66.8 cm³/mol. The van der Waals surface area contributed by atoms with Crippen molar-refractivity contribution in [3.8, 4) is 0 Å². The molecule has 0 spiro atoms. The maximum Gasteiger partial charge on any atom is 0.389 e. The molecule has 0 saturated carbocycles.